The summed E-state index contributed by atoms with van der Waals surface area (Å²) < 4.78 is 7.32. The molecule has 1 unspecified atom stereocenters. The van der Waals surface area contributed by atoms with E-state index >= 15 is 0 Å². The molecule has 0 spiro atoms. The zero-order valence-electron chi connectivity index (χ0n) is 18.6. The number of ether oxygens (including phenoxy) is 1. The van der Waals surface area contributed by atoms with Crippen molar-refractivity contribution in [3.05, 3.63) is 72.2 Å². The summed E-state index contributed by atoms with van der Waals surface area (Å²) in [6.07, 6.45) is 2.53. The van der Waals surface area contributed by atoms with Crippen molar-refractivity contribution in [2.75, 3.05) is 19.0 Å². The number of anilines is 1. The monoisotopic (exact) mass is 447 g/mol. The first-order valence-electron chi connectivity index (χ1n) is 11.0. The minimum atomic E-state index is -0.414. The molecule has 3 aromatic rings. The average molecular weight is 448 g/mol. The lowest BCUT2D eigenvalue weighted by Crippen LogP contribution is -2.43. The third kappa shape index (κ3) is 5.69. The van der Waals surface area contributed by atoms with Crippen LogP contribution in [0.2, 0.25) is 0 Å². The highest BCUT2D eigenvalue weighted by Gasteiger charge is 2.24. The maximum Gasteiger partial charge on any atom is 0.407 e. The van der Waals surface area contributed by atoms with E-state index in [4.69, 9.17) is 10.5 Å². The Balaban J connectivity index is 1.18. The van der Waals surface area contributed by atoms with Gasteiger partial charge in [0.25, 0.3) is 0 Å². The van der Waals surface area contributed by atoms with Crippen molar-refractivity contribution in [1.82, 2.24) is 20.2 Å². The number of benzene rings is 2. The predicted molar refractivity (Wildman–Crippen MR) is 129 cm³/mol. The second-order valence-corrected chi connectivity index (χ2v) is 7.75. The molecule has 1 aromatic heterocycles. The molecule has 9 nitrogen and oxygen atoms in total. The first-order chi connectivity index (χ1) is 16.1. The van der Waals surface area contributed by atoms with Crippen LogP contribution in [-0.2, 0) is 17.8 Å². The Bertz CT molecular complexity index is 1110. The number of hydrogen-bond acceptors (Lipinski definition) is 5. The third-order valence-electron chi connectivity index (χ3n) is 5.41. The van der Waals surface area contributed by atoms with Gasteiger partial charge in [0.1, 0.15) is 17.7 Å². The highest BCUT2D eigenvalue weighted by atomic mass is 16.5. The molecule has 0 radical (unpaired) electrons. The molecular formula is C24H29N7O2. The second kappa shape index (κ2) is 10.6. The third-order valence-corrected chi connectivity index (χ3v) is 5.41. The fourth-order valence-corrected chi connectivity index (χ4v) is 3.68. The molecule has 1 aliphatic rings. The summed E-state index contributed by atoms with van der Waals surface area (Å²) in [6.45, 7) is 1.50. The van der Waals surface area contributed by atoms with Crippen LogP contribution in [0.1, 0.15) is 30.3 Å². The summed E-state index contributed by atoms with van der Waals surface area (Å²) in [5.41, 5.74) is 10.1. The largest absolute Gasteiger partial charge is 0.450 e. The minimum absolute atomic E-state index is 0.350. The fraction of sp³-hybridized carbons (Fsp3) is 0.292. The molecule has 2 heterocycles. The molecule has 0 fully saturated rings. The standard InChI is InChI=1S/C24H29N7O2/c1-26-23-29-21(25)20-22(30-23)31(16-28-20)12-5-6-13-33-24(32)27-15-17-8-7-11-19(14-17)18-9-3-2-4-10-18/h2-4,7-11,14,16,21H,5-6,12-13,15,25H2,1H3,(H,27,32)(H2,26,29,30). The Kier molecular flexibility index (Phi) is 7.21. The van der Waals surface area contributed by atoms with Crippen molar-refractivity contribution in [3.63, 3.8) is 0 Å². The van der Waals surface area contributed by atoms with Crippen LogP contribution in [0.15, 0.2) is 65.9 Å². The van der Waals surface area contributed by atoms with E-state index in [0.29, 0.717) is 19.1 Å². The lowest BCUT2D eigenvalue weighted by atomic mass is 10.0. The SMILES string of the molecule is CN=C1Nc2c(ncn2CCCCOC(=O)NCc2cccc(-c3ccccc3)c2)C(N)N1. The van der Waals surface area contributed by atoms with Gasteiger partial charge in [-0.25, -0.2) is 9.78 Å². The number of aromatic nitrogens is 2. The molecule has 4 rings (SSSR count). The van der Waals surface area contributed by atoms with Crippen LogP contribution in [0.5, 0.6) is 0 Å². The summed E-state index contributed by atoms with van der Waals surface area (Å²) in [6, 6.07) is 18.3. The topological polar surface area (TPSA) is 119 Å². The molecule has 1 atom stereocenters. The predicted octanol–water partition coefficient (Wildman–Crippen LogP) is 3.21. The molecule has 0 bridgehead atoms. The minimum Gasteiger partial charge on any atom is -0.450 e. The van der Waals surface area contributed by atoms with Gasteiger partial charge in [0.15, 0.2) is 5.96 Å². The molecule has 9 heteroatoms. The number of aryl methyl sites for hydroxylation is 1. The lowest BCUT2D eigenvalue weighted by molar-refractivity contribution is 0.143. The molecule has 2 aromatic carbocycles. The highest BCUT2D eigenvalue weighted by Crippen LogP contribution is 2.23. The van der Waals surface area contributed by atoms with Crippen LogP contribution in [0.4, 0.5) is 10.6 Å². The second-order valence-electron chi connectivity index (χ2n) is 7.75. The van der Waals surface area contributed by atoms with Gasteiger partial charge in [0.05, 0.1) is 12.9 Å². The Morgan fingerprint density at radius 2 is 2.00 bits per heavy atom. The highest BCUT2D eigenvalue weighted by molar-refractivity contribution is 5.95. The number of hydrogen-bond donors (Lipinski definition) is 4. The number of alkyl carbamates (subject to hydrolysis) is 1. The van der Waals surface area contributed by atoms with E-state index in [1.807, 2.05) is 34.9 Å². The van der Waals surface area contributed by atoms with Crippen LogP contribution in [0.3, 0.4) is 0 Å². The van der Waals surface area contributed by atoms with E-state index in [1.165, 1.54) is 0 Å². The van der Waals surface area contributed by atoms with Crippen molar-refractivity contribution < 1.29 is 9.53 Å². The number of fused-ring (bicyclic) bond motifs is 1. The summed E-state index contributed by atoms with van der Waals surface area (Å²) in [4.78, 5) is 20.6. The Hall–Kier alpha value is -3.85. The number of imidazole rings is 1. The Labute approximate surface area is 193 Å². The molecule has 172 valence electrons. The maximum atomic E-state index is 12.1. The maximum absolute atomic E-state index is 12.1. The summed E-state index contributed by atoms with van der Waals surface area (Å²) in [5.74, 6) is 1.46. The van der Waals surface area contributed by atoms with Gasteiger partial charge in [-0.3, -0.25) is 4.99 Å². The number of nitrogens with zero attached hydrogens (tertiary/aromatic N) is 3. The number of carbonyl (C=O) groups excluding carboxylic acids is 1. The summed E-state index contributed by atoms with van der Waals surface area (Å²) in [5, 5.41) is 9.05. The smallest absolute Gasteiger partial charge is 0.407 e. The zero-order chi connectivity index (χ0) is 23.0. The molecule has 0 saturated heterocycles. The van der Waals surface area contributed by atoms with Gasteiger partial charge >= 0.3 is 6.09 Å². The van der Waals surface area contributed by atoms with E-state index < -0.39 is 6.09 Å². The quantitative estimate of drug-likeness (QED) is 0.394. The average Bonchev–Trinajstić information content (AvgIpc) is 3.26. The van der Waals surface area contributed by atoms with E-state index in [-0.39, 0.29) is 6.17 Å². The number of aliphatic imine (C=N–C) groups is 1. The fourth-order valence-electron chi connectivity index (χ4n) is 3.68. The van der Waals surface area contributed by atoms with Crippen molar-refractivity contribution >= 4 is 17.9 Å². The number of nitrogens with two attached hydrogens (primary N) is 1. The van der Waals surface area contributed by atoms with Crippen LogP contribution in [-0.4, -0.2) is 35.3 Å². The van der Waals surface area contributed by atoms with Crippen LogP contribution >= 0.6 is 0 Å². The number of guanidine groups is 1. The van der Waals surface area contributed by atoms with E-state index in [0.717, 1.165) is 47.6 Å². The number of unbranched alkanes of at least 4 members (excludes halogenated alkanes) is 1. The van der Waals surface area contributed by atoms with Gasteiger partial charge in [-0.1, -0.05) is 48.5 Å². The Morgan fingerprint density at radius 3 is 2.82 bits per heavy atom. The van der Waals surface area contributed by atoms with Crippen molar-refractivity contribution in [2.24, 2.45) is 10.7 Å². The molecule has 5 N–H and O–H groups in total. The molecule has 0 aliphatic carbocycles. The van der Waals surface area contributed by atoms with Gasteiger partial charge in [-0.05, 0) is 35.6 Å². The number of nitrogens with one attached hydrogen (secondary N) is 3. The van der Waals surface area contributed by atoms with Gasteiger partial charge in [0, 0.05) is 20.1 Å². The van der Waals surface area contributed by atoms with Gasteiger partial charge < -0.3 is 31.0 Å². The van der Waals surface area contributed by atoms with Crippen molar-refractivity contribution in [3.8, 4) is 11.1 Å². The summed E-state index contributed by atoms with van der Waals surface area (Å²) >= 11 is 0. The summed E-state index contributed by atoms with van der Waals surface area (Å²) in [7, 11) is 1.69. The van der Waals surface area contributed by atoms with Gasteiger partial charge in [0.2, 0.25) is 0 Å². The zero-order valence-corrected chi connectivity index (χ0v) is 18.6. The lowest BCUT2D eigenvalue weighted by Gasteiger charge is -2.24. The first-order valence-corrected chi connectivity index (χ1v) is 11.0. The molecule has 0 saturated carbocycles. The van der Waals surface area contributed by atoms with Crippen LogP contribution in [0.25, 0.3) is 11.1 Å². The molecule has 33 heavy (non-hydrogen) atoms. The molecular weight excluding hydrogens is 418 g/mol. The van der Waals surface area contributed by atoms with Crippen molar-refractivity contribution in [1.29, 1.82) is 0 Å². The molecule has 1 amide bonds. The van der Waals surface area contributed by atoms with E-state index in [9.17, 15) is 4.79 Å². The number of rotatable bonds is 8. The van der Waals surface area contributed by atoms with E-state index in [2.05, 4.69) is 50.2 Å². The van der Waals surface area contributed by atoms with Gasteiger partial charge in [-0.15, -0.1) is 0 Å². The van der Waals surface area contributed by atoms with E-state index in [1.54, 1.807) is 13.4 Å². The Morgan fingerprint density at radius 1 is 1.18 bits per heavy atom. The van der Waals surface area contributed by atoms with Crippen molar-refractivity contribution in [2.45, 2.75) is 32.1 Å². The first kappa shape index (κ1) is 22.3. The number of amides is 1. The van der Waals surface area contributed by atoms with Crippen LogP contribution < -0.4 is 21.7 Å². The number of carbonyl (C=O) groups is 1. The normalized spacial score (nSPS) is 15.9. The van der Waals surface area contributed by atoms with Gasteiger partial charge in [-0.2, -0.15) is 0 Å². The molecule has 1 aliphatic heterocycles. The van der Waals surface area contributed by atoms with Crippen LogP contribution in [0, 0.1) is 0 Å².